The van der Waals surface area contributed by atoms with E-state index >= 15 is 0 Å². The molecule has 0 saturated carbocycles. The van der Waals surface area contributed by atoms with Gasteiger partial charge in [-0.2, -0.15) is 0 Å². The molecule has 70 valence electrons. The predicted molar refractivity (Wildman–Crippen MR) is 53.1 cm³/mol. The molecule has 0 aliphatic carbocycles. The SMILES string of the molecule is CC(C)Oc1c(Br)cncc1C=O. The molecular weight excluding hydrogens is 234 g/mol. The number of carbonyl (C=O) groups excluding carboxylic acids is 1. The Balaban J connectivity index is 3.07. The maximum Gasteiger partial charge on any atom is 0.155 e. The second-order valence-electron chi connectivity index (χ2n) is 2.82. The van der Waals surface area contributed by atoms with Crippen molar-refractivity contribution in [1.82, 2.24) is 4.98 Å². The lowest BCUT2D eigenvalue weighted by Crippen LogP contribution is -2.08. The third kappa shape index (κ3) is 2.52. The second-order valence-corrected chi connectivity index (χ2v) is 3.68. The van der Waals surface area contributed by atoms with Crippen molar-refractivity contribution >= 4 is 22.2 Å². The molecule has 3 nitrogen and oxygen atoms in total. The number of rotatable bonds is 3. The van der Waals surface area contributed by atoms with E-state index in [-0.39, 0.29) is 6.10 Å². The van der Waals surface area contributed by atoms with E-state index in [2.05, 4.69) is 20.9 Å². The number of nitrogens with zero attached hydrogens (tertiary/aromatic N) is 1. The van der Waals surface area contributed by atoms with Crippen LogP contribution in [0, 0.1) is 0 Å². The van der Waals surface area contributed by atoms with Crippen LogP contribution in [0.4, 0.5) is 0 Å². The Labute approximate surface area is 85.3 Å². The minimum Gasteiger partial charge on any atom is -0.489 e. The third-order valence-electron chi connectivity index (χ3n) is 1.36. The van der Waals surface area contributed by atoms with Gasteiger partial charge in [0.1, 0.15) is 5.75 Å². The van der Waals surface area contributed by atoms with E-state index in [0.717, 1.165) is 6.29 Å². The molecule has 1 heterocycles. The van der Waals surface area contributed by atoms with Gasteiger partial charge in [-0.15, -0.1) is 0 Å². The molecule has 0 N–H and O–H groups in total. The Kier molecular flexibility index (Phi) is 3.42. The Morgan fingerprint density at radius 1 is 1.54 bits per heavy atom. The number of hydrogen-bond acceptors (Lipinski definition) is 3. The Morgan fingerprint density at radius 2 is 2.23 bits per heavy atom. The Bertz CT molecular complexity index is 312. The first-order chi connectivity index (χ1) is 6.15. The van der Waals surface area contributed by atoms with Crippen LogP contribution < -0.4 is 4.74 Å². The van der Waals surface area contributed by atoms with Gasteiger partial charge < -0.3 is 4.74 Å². The van der Waals surface area contributed by atoms with Gasteiger partial charge in [0.15, 0.2) is 6.29 Å². The summed E-state index contributed by atoms with van der Waals surface area (Å²) < 4.78 is 6.15. The summed E-state index contributed by atoms with van der Waals surface area (Å²) in [7, 11) is 0. The summed E-state index contributed by atoms with van der Waals surface area (Å²) in [6.07, 6.45) is 3.85. The van der Waals surface area contributed by atoms with Gasteiger partial charge >= 0.3 is 0 Å². The molecule has 0 unspecified atom stereocenters. The summed E-state index contributed by atoms with van der Waals surface area (Å²) >= 11 is 3.27. The quantitative estimate of drug-likeness (QED) is 0.766. The van der Waals surface area contributed by atoms with Crippen LogP contribution in [0.5, 0.6) is 5.75 Å². The van der Waals surface area contributed by atoms with Crippen LogP contribution in [0.25, 0.3) is 0 Å². The molecule has 4 heteroatoms. The number of aldehydes is 1. The molecule has 0 fully saturated rings. The minimum atomic E-state index is 0.0393. The van der Waals surface area contributed by atoms with E-state index in [1.165, 1.54) is 6.20 Å². The molecule has 0 amide bonds. The van der Waals surface area contributed by atoms with E-state index in [1.54, 1.807) is 6.20 Å². The smallest absolute Gasteiger partial charge is 0.155 e. The van der Waals surface area contributed by atoms with Gasteiger partial charge in [0.05, 0.1) is 16.1 Å². The summed E-state index contributed by atoms with van der Waals surface area (Å²) in [6, 6.07) is 0. The fourth-order valence-corrected chi connectivity index (χ4v) is 1.32. The molecule has 0 radical (unpaired) electrons. The summed E-state index contributed by atoms with van der Waals surface area (Å²) in [4.78, 5) is 14.5. The van der Waals surface area contributed by atoms with Gasteiger partial charge in [0.2, 0.25) is 0 Å². The van der Waals surface area contributed by atoms with Crippen LogP contribution in [0.2, 0.25) is 0 Å². The van der Waals surface area contributed by atoms with Crippen LogP contribution in [-0.2, 0) is 0 Å². The Hall–Kier alpha value is -0.900. The average Bonchev–Trinajstić information content (AvgIpc) is 2.08. The zero-order valence-electron chi connectivity index (χ0n) is 7.45. The van der Waals surface area contributed by atoms with Crippen molar-refractivity contribution in [3.8, 4) is 5.75 Å². The lowest BCUT2D eigenvalue weighted by atomic mass is 10.3. The number of halogens is 1. The molecule has 1 rings (SSSR count). The fraction of sp³-hybridized carbons (Fsp3) is 0.333. The average molecular weight is 244 g/mol. The highest BCUT2D eigenvalue weighted by Gasteiger charge is 2.09. The largest absolute Gasteiger partial charge is 0.489 e. The van der Waals surface area contributed by atoms with Gasteiger partial charge in [-0.25, -0.2) is 0 Å². The van der Waals surface area contributed by atoms with E-state index in [4.69, 9.17) is 4.74 Å². The molecule has 1 aromatic heterocycles. The number of pyridine rings is 1. The molecule has 0 aliphatic rings. The van der Waals surface area contributed by atoms with E-state index in [9.17, 15) is 4.79 Å². The van der Waals surface area contributed by atoms with Gasteiger partial charge in [-0.05, 0) is 29.8 Å². The molecule has 1 aromatic rings. The van der Waals surface area contributed by atoms with Crippen molar-refractivity contribution in [2.24, 2.45) is 0 Å². The van der Waals surface area contributed by atoms with E-state index in [1.807, 2.05) is 13.8 Å². The number of ether oxygens (including phenoxy) is 1. The molecule has 0 aliphatic heterocycles. The summed E-state index contributed by atoms with van der Waals surface area (Å²) in [5.41, 5.74) is 0.461. The topological polar surface area (TPSA) is 39.2 Å². The molecular formula is C9H10BrNO2. The highest BCUT2D eigenvalue weighted by Crippen LogP contribution is 2.27. The first kappa shape index (κ1) is 10.2. The second kappa shape index (κ2) is 4.37. The molecule has 13 heavy (non-hydrogen) atoms. The Morgan fingerprint density at radius 3 is 2.77 bits per heavy atom. The monoisotopic (exact) mass is 243 g/mol. The van der Waals surface area contributed by atoms with Crippen molar-refractivity contribution in [2.75, 3.05) is 0 Å². The zero-order valence-corrected chi connectivity index (χ0v) is 9.04. The van der Waals surface area contributed by atoms with Crippen molar-refractivity contribution in [3.05, 3.63) is 22.4 Å². The highest BCUT2D eigenvalue weighted by molar-refractivity contribution is 9.10. The summed E-state index contributed by atoms with van der Waals surface area (Å²) in [5, 5.41) is 0. The lowest BCUT2D eigenvalue weighted by Gasteiger charge is -2.12. The number of aromatic nitrogens is 1. The van der Waals surface area contributed by atoms with E-state index in [0.29, 0.717) is 15.8 Å². The first-order valence-electron chi connectivity index (χ1n) is 3.90. The normalized spacial score (nSPS) is 10.2. The van der Waals surface area contributed by atoms with E-state index < -0.39 is 0 Å². The predicted octanol–water partition coefficient (Wildman–Crippen LogP) is 2.44. The van der Waals surface area contributed by atoms with Gasteiger partial charge in [0.25, 0.3) is 0 Å². The van der Waals surface area contributed by atoms with Gasteiger partial charge in [-0.3, -0.25) is 9.78 Å². The summed E-state index contributed by atoms with van der Waals surface area (Å²) in [6.45, 7) is 3.81. The van der Waals surface area contributed by atoms with Crippen LogP contribution >= 0.6 is 15.9 Å². The first-order valence-corrected chi connectivity index (χ1v) is 4.69. The van der Waals surface area contributed by atoms with Crippen LogP contribution in [0.15, 0.2) is 16.9 Å². The van der Waals surface area contributed by atoms with Crippen LogP contribution in [0.1, 0.15) is 24.2 Å². The molecule has 0 atom stereocenters. The van der Waals surface area contributed by atoms with Crippen molar-refractivity contribution in [1.29, 1.82) is 0 Å². The third-order valence-corrected chi connectivity index (χ3v) is 1.93. The fourth-order valence-electron chi connectivity index (χ4n) is 0.882. The van der Waals surface area contributed by atoms with Crippen LogP contribution in [0.3, 0.4) is 0 Å². The van der Waals surface area contributed by atoms with Gasteiger partial charge in [-0.1, -0.05) is 0 Å². The van der Waals surface area contributed by atoms with Crippen molar-refractivity contribution in [3.63, 3.8) is 0 Å². The zero-order chi connectivity index (χ0) is 9.84. The molecule has 0 aromatic carbocycles. The molecule has 0 saturated heterocycles. The number of carbonyl (C=O) groups is 1. The maximum atomic E-state index is 10.6. The minimum absolute atomic E-state index is 0.0393. The maximum absolute atomic E-state index is 10.6. The van der Waals surface area contributed by atoms with Crippen molar-refractivity contribution < 1.29 is 9.53 Å². The number of hydrogen-bond donors (Lipinski definition) is 0. The van der Waals surface area contributed by atoms with Gasteiger partial charge in [0, 0.05) is 12.4 Å². The highest BCUT2D eigenvalue weighted by atomic mass is 79.9. The van der Waals surface area contributed by atoms with Crippen LogP contribution in [-0.4, -0.2) is 17.4 Å². The molecule has 0 bridgehead atoms. The lowest BCUT2D eigenvalue weighted by molar-refractivity contribution is 0.111. The van der Waals surface area contributed by atoms with Crippen molar-refractivity contribution in [2.45, 2.75) is 20.0 Å². The standard InChI is InChI=1S/C9H10BrNO2/c1-6(2)13-9-7(5-12)3-11-4-8(9)10/h3-6H,1-2H3. The summed E-state index contributed by atoms with van der Waals surface area (Å²) in [5.74, 6) is 0.556. The molecule has 0 spiro atoms.